The molecule has 1 N–H and O–H groups in total. The van der Waals surface area contributed by atoms with Crippen LogP contribution in [-0.2, 0) is 4.79 Å². The van der Waals surface area contributed by atoms with E-state index in [-0.39, 0.29) is 11.8 Å². The number of nitrogens with zero attached hydrogens (tertiary/aromatic N) is 3. The van der Waals surface area contributed by atoms with Gasteiger partial charge in [-0.2, -0.15) is 0 Å². The Balaban J connectivity index is 1.71. The maximum Gasteiger partial charge on any atom is 0.258 e. The highest BCUT2D eigenvalue weighted by Gasteiger charge is 2.13. The largest absolute Gasteiger partial charge is 0.311 e. The normalized spacial score (nSPS) is 10.6. The monoisotopic (exact) mass is 372 g/mol. The maximum atomic E-state index is 12.7. The molecule has 0 aliphatic heterocycles. The molecule has 0 unspecified atom stereocenters. The highest BCUT2D eigenvalue weighted by atomic mass is 16.2. The fourth-order valence-electron chi connectivity index (χ4n) is 2.63. The summed E-state index contributed by atoms with van der Waals surface area (Å²) in [7, 11) is 1.73. The minimum Gasteiger partial charge on any atom is -0.311 e. The third-order valence-electron chi connectivity index (χ3n) is 4.09. The van der Waals surface area contributed by atoms with Gasteiger partial charge < -0.3 is 10.2 Å². The van der Waals surface area contributed by atoms with Gasteiger partial charge in [0.2, 0.25) is 5.91 Å². The zero-order chi connectivity index (χ0) is 19.9. The van der Waals surface area contributed by atoms with E-state index in [4.69, 9.17) is 0 Å². The van der Waals surface area contributed by atoms with Crippen LogP contribution in [0.25, 0.3) is 6.08 Å². The van der Waals surface area contributed by atoms with E-state index in [1.807, 2.05) is 49.4 Å². The second kappa shape index (κ2) is 8.73. The van der Waals surface area contributed by atoms with E-state index >= 15 is 0 Å². The molecule has 0 spiro atoms. The van der Waals surface area contributed by atoms with Crippen LogP contribution in [0.1, 0.15) is 21.5 Å². The van der Waals surface area contributed by atoms with E-state index in [9.17, 15) is 9.59 Å². The van der Waals surface area contributed by atoms with Crippen molar-refractivity contribution in [3.63, 3.8) is 0 Å². The fourth-order valence-corrected chi connectivity index (χ4v) is 2.63. The Morgan fingerprint density at radius 1 is 1.07 bits per heavy atom. The standard InChI is InChI=1S/C22H20N4O2/c1-16-5-3-7-18(13-16)22(28)26(2)19-8-4-6-17(14-19)9-10-21(27)25-20-11-12-23-15-24-20/h3-15H,1-2H3,(H,23,24,25,27)/b10-9+. The summed E-state index contributed by atoms with van der Waals surface area (Å²) in [5.41, 5.74) is 3.21. The summed E-state index contributed by atoms with van der Waals surface area (Å²) in [6, 6.07) is 16.5. The molecule has 28 heavy (non-hydrogen) atoms. The number of amides is 2. The van der Waals surface area contributed by atoms with Crippen molar-refractivity contribution in [1.29, 1.82) is 0 Å². The number of hydrogen-bond donors (Lipinski definition) is 1. The van der Waals surface area contributed by atoms with Gasteiger partial charge in [0.1, 0.15) is 12.1 Å². The van der Waals surface area contributed by atoms with Gasteiger partial charge in [-0.25, -0.2) is 9.97 Å². The summed E-state index contributed by atoms with van der Waals surface area (Å²) in [4.78, 5) is 34.1. The number of anilines is 2. The number of carbonyl (C=O) groups excluding carboxylic acids is 2. The third-order valence-corrected chi connectivity index (χ3v) is 4.09. The SMILES string of the molecule is Cc1cccc(C(=O)N(C)c2cccc(/C=C/C(=O)Nc3ccncn3)c2)c1. The summed E-state index contributed by atoms with van der Waals surface area (Å²) in [5, 5.41) is 2.65. The second-order valence-electron chi connectivity index (χ2n) is 6.25. The Labute approximate surface area is 163 Å². The lowest BCUT2D eigenvalue weighted by atomic mass is 10.1. The van der Waals surface area contributed by atoms with Crippen molar-refractivity contribution in [2.24, 2.45) is 0 Å². The van der Waals surface area contributed by atoms with Gasteiger partial charge >= 0.3 is 0 Å². The van der Waals surface area contributed by atoms with Gasteiger partial charge in [0.05, 0.1) is 0 Å². The molecule has 0 bridgehead atoms. The van der Waals surface area contributed by atoms with Gasteiger partial charge in [0, 0.05) is 30.6 Å². The van der Waals surface area contributed by atoms with Crippen molar-refractivity contribution in [1.82, 2.24) is 9.97 Å². The minimum atomic E-state index is -0.298. The van der Waals surface area contributed by atoms with Crippen LogP contribution in [-0.4, -0.2) is 28.8 Å². The number of aromatic nitrogens is 2. The van der Waals surface area contributed by atoms with Crippen LogP contribution in [0.15, 0.2) is 73.2 Å². The lowest BCUT2D eigenvalue weighted by molar-refractivity contribution is -0.111. The van der Waals surface area contributed by atoms with Crippen LogP contribution in [0, 0.1) is 6.92 Å². The van der Waals surface area contributed by atoms with Gasteiger partial charge in [-0.3, -0.25) is 9.59 Å². The third kappa shape index (κ3) is 4.88. The van der Waals surface area contributed by atoms with Crippen molar-refractivity contribution >= 4 is 29.4 Å². The average molecular weight is 372 g/mol. The number of benzene rings is 2. The van der Waals surface area contributed by atoms with Gasteiger partial charge in [0.15, 0.2) is 0 Å². The fraction of sp³-hybridized carbons (Fsp3) is 0.0909. The minimum absolute atomic E-state index is 0.0914. The molecule has 0 aliphatic carbocycles. The molecule has 3 rings (SSSR count). The first-order chi connectivity index (χ1) is 13.5. The molecule has 0 aliphatic rings. The second-order valence-corrected chi connectivity index (χ2v) is 6.25. The zero-order valence-corrected chi connectivity index (χ0v) is 15.7. The average Bonchev–Trinajstić information content (AvgIpc) is 2.72. The lowest BCUT2D eigenvalue weighted by Gasteiger charge is -2.18. The Morgan fingerprint density at radius 2 is 1.89 bits per heavy atom. The molecule has 2 aromatic carbocycles. The molecule has 3 aromatic rings. The smallest absolute Gasteiger partial charge is 0.258 e. The van der Waals surface area contributed by atoms with Crippen molar-refractivity contribution in [3.05, 3.63) is 89.9 Å². The van der Waals surface area contributed by atoms with Crippen molar-refractivity contribution in [2.45, 2.75) is 6.92 Å². The van der Waals surface area contributed by atoms with Crippen LogP contribution >= 0.6 is 0 Å². The summed E-state index contributed by atoms with van der Waals surface area (Å²) in [6.07, 6.45) is 6.02. The topological polar surface area (TPSA) is 75.2 Å². The molecule has 140 valence electrons. The Bertz CT molecular complexity index is 1020. The molecule has 1 heterocycles. The number of hydrogen-bond acceptors (Lipinski definition) is 4. The van der Waals surface area contributed by atoms with Gasteiger partial charge in [-0.1, -0.05) is 29.8 Å². The Morgan fingerprint density at radius 3 is 2.64 bits per heavy atom. The Kier molecular flexibility index (Phi) is 5.91. The van der Waals surface area contributed by atoms with E-state index in [0.29, 0.717) is 11.4 Å². The van der Waals surface area contributed by atoms with Crippen molar-refractivity contribution in [3.8, 4) is 0 Å². The highest BCUT2D eigenvalue weighted by Crippen LogP contribution is 2.19. The number of carbonyl (C=O) groups is 2. The molecule has 0 radical (unpaired) electrons. The van der Waals surface area contributed by atoms with Crippen LogP contribution in [0.2, 0.25) is 0 Å². The van der Waals surface area contributed by atoms with E-state index in [0.717, 1.165) is 16.8 Å². The predicted octanol–water partition coefficient (Wildman–Crippen LogP) is 3.71. The van der Waals surface area contributed by atoms with Gasteiger partial charge in [-0.05, 0) is 48.9 Å². The summed E-state index contributed by atoms with van der Waals surface area (Å²) in [5.74, 6) is 0.0431. The van der Waals surface area contributed by atoms with Gasteiger partial charge in [0.25, 0.3) is 5.91 Å². The molecule has 0 atom stereocenters. The summed E-state index contributed by atoms with van der Waals surface area (Å²) >= 11 is 0. The number of rotatable bonds is 5. The molecule has 0 saturated carbocycles. The summed E-state index contributed by atoms with van der Waals surface area (Å²) in [6.45, 7) is 1.95. The number of aryl methyl sites for hydroxylation is 1. The van der Waals surface area contributed by atoms with E-state index < -0.39 is 0 Å². The van der Waals surface area contributed by atoms with Crippen LogP contribution < -0.4 is 10.2 Å². The van der Waals surface area contributed by atoms with Gasteiger partial charge in [-0.15, -0.1) is 0 Å². The molecular formula is C22H20N4O2. The molecule has 6 nitrogen and oxygen atoms in total. The predicted molar refractivity (Wildman–Crippen MR) is 110 cm³/mol. The van der Waals surface area contributed by atoms with Crippen molar-refractivity contribution in [2.75, 3.05) is 17.3 Å². The van der Waals surface area contributed by atoms with Crippen molar-refractivity contribution < 1.29 is 9.59 Å². The molecule has 1 aromatic heterocycles. The molecular weight excluding hydrogens is 352 g/mol. The maximum absolute atomic E-state index is 12.7. The van der Waals surface area contributed by atoms with Crippen LogP contribution in [0.5, 0.6) is 0 Å². The molecule has 2 amide bonds. The highest BCUT2D eigenvalue weighted by molar-refractivity contribution is 6.06. The van der Waals surface area contributed by atoms with Crippen LogP contribution in [0.3, 0.4) is 0 Å². The first kappa shape index (κ1) is 19.0. The lowest BCUT2D eigenvalue weighted by Crippen LogP contribution is -2.26. The van der Waals surface area contributed by atoms with Crippen LogP contribution in [0.4, 0.5) is 11.5 Å². The zero-order valence-electron chi connectivity index (χ0n) is 15.7. The quantitative estimate of drug-likeness (QED) is 0.693. The first-order valence-electron chi connectivity index (χ1n) is 8.73. The summed E-state index contributed by atoms with van der Waals surface area (Å²) < 4.78 is 0. The Hall–Kier alpha value is -3.80. The number of nitrogens with one attached hydrogen (secondary N) is 1. The molecule has 0 saturated heterocycles. The molecule has 0 fully saturated rings. The van der Waals surface area contributed by atoms with E-state index in [2.05, 4.69) is 15.3 Å². The van der Waals surface area contributed by atoms with E-state index in [1.54, 1.807) is 36.4 Å². The first-order valence-corrected chi connectivity index (χ1v) is 8.73. The molecule has 6 heteroatoms. The van der Waals surface area contributed by atoms with E-state index in [1.165, 1.54) is 12.4 Å².